The highest BCUT2D eigenvalue weighted by molar-refractivity contribution is 6.02. The number of hydrogen-bond acceptors (Lipinski definition) is 9. The van der Waals surface area contributed by atoms with Crippen molar-refractivity contribution in [2.24, 2.45) is 0 Å². The largest absolute Gasteiger partial charge is 0.513 e. The van der Waals surface area contributed by atoms with Crippen LogP contribution in [0.4, 0.5) is 9.59 Å². The van der Waals surface area contributed by atoms with Gasteiger partial charge in [-0.05, 0) is 47.2 Å². The summed E-state index contributed by atoms with van der Waals surface area (Å²) in [6.45, 7) is 0. The van der Waals surface area contributed by atoms with Gasteiger partial charge in [0.15, 0.2) is 5.60 Å². The van der Waals surface area contributed by atoms with Gasteiger partial charge in [-0.2, -0.15) is 0 Å². The van der Waals surface area contributed by atoms with Crippen LogP contribution in [-0.2, 0) is 19.8 Å². The summed E-state index contributed by atoms with van der Waals surface area (Å²) in [5, 5.41) is 1.82. The molecule has 6 rings (SSSR count). The molecular formula is C28H18O9. The van der Waals surface area contributed by atoms with E-state index in [9.17, 15) is 14.4 Å². The highest BCUT2D eigenvalue weighted by Gasteiger charge is 2.54. The molecule has 9 heteroatoms. The molecule has 0 aromatic heterocycles. The van der Waals surface area contributed by atoms with Crippen molar-refractivity contribution < 1.29 is 42.8 Å². The zero-order chi connectivity index (χ0) is 25.7. The zero-order valence-electron chi connectivity index (χ0n) is 19.6. The van der Waals surface area contributed by atoms with Gasteiger partial charge in [-0.3, -0.25) is 0 Å². The maximum absolute atomic E-state index is 13.3. The second-order valence-corrected chi connectivity index (χ2v) is 8.35. The van der Waals surface area contributed by atoms with E-state index in [4.69, 9.17) is 18.9 Å². The fourth-order valence-electron chi connectivity index (χ4n) is 4.77. The number of ether oxygens (including phenoxy) is 6. The molecule has 1 spiro atoms. The van der Waals surface area contributed by atoms with Gasteiger partial charge in [0.2, 0.25) is 0 Å². The van der Waals surface area contributed by atoms with Crippen LogP contribution in [0.5, 0.6) is 23.0 Å². The Morgan fingerprint density at radius 3 is 1.78 bits per heavy atom. The van der Waals surface area contributed by atoms with Gasteiger partial charge in [0.1, 0.15) is 23.0 Å². The highest BCUT2D eigenvalue weighted by Crippen LogP contribution is 2.57. The van der Waals surface area contributed by atoms with Crippen molar-refractivity contribution in [2.45, 2.75) is 5.60 Å². The van der Waals surface area contributed by atoms with E-state index < -0.39 is 23.9 Å². The third kappa shape index (κ3) is 3.43. The van der Waals surface area contributed by atoms with Crippen LogP contribution in [0.25, 0.3) is 10.8 Å². The molecule has 4 aromatic carbocycles. The summed E-state index contributed by atoms with van der Waals surface area (Å²) in [5.41, 5.74) is 0.738. The number of hydrogen-bond donors (Lipinski definition) is 0. The summed E-state index contributed by atoms with van der Waals surface area (Å²) in [4.78, 5) is 36.6. The van der Waals surface area contributed by atoms with Crippen LogP contribution in [0, 0.1) is 0 Å². The lowest BCUT2D eigenvalue weighted by molar-refractivity contribution is 0.0224. The molecule has 184 valence electrons. The minimum atomic E-state index is -1.37. The average Bonchev–Trinajstić information content (AvgIpc) is 3.18. The summed E-state index contributed by atoms with van der Waals surface area (Å²) in [5.74, 6) is 0.378. The summed E-state index contributed by atoms with van der Waals surface area (Å²) < 4.78 is 31.9. The number of carbonyl (C=O) groups excluding carboxylic acids is 3. The fourth-order valence-corrected chi connectivity index (χ4v) is 4.77. The number of carbonyl (C=O) groups is 3. The molecule has 0 saturated carbocycles. The molecular weight excluding hydrogens is 480 g/mol. The Morgan fingerprint density at radius 2 is 1.24 bits per heavy atom. The summed E-state index contributed by atoms with van der Waals surface area (Å²) >= 11 is 0. The van der Waals surface area contributed by atoms with Crippen LogP contribution in [-0.4, -0.2) is 32.5 Å². The van der Waals surface area contributed by atoms with Gasteiger partial charge in [-0.25, -0.2) is 14.4 Å². The zero-order valence-corrected chi connectivity index (χ0v) is 19.6. The Balaban J connectivity index is 1.59. The van der Waals surface area contributed by atoms with E-state index in [1.54, 1.807) is 30.3 Å². The molecule has 9 nitrogen and oxygen atoms in total. The van der Waals surface area contributed by atoms with Gasteiger partial charge >= 0.3 is 18.3 Å². The molecule has 0 bridgehead atoms. The first-order chi connectivity index (χ1) is 17.9. The molecule has 0 unspecified atom stereocenters. The SMILES string of the molecule is COC(=O)Oc1ccc2c(c1)Oc1cc(OC(=O)OC)ccc1C21OC(=O)c2cc3ccccc3cc21. The summed E-state index contributed by atoms with van der Waals surface area (Å²) in [7, 11) is 2.40. The summed E-state index contributed by atoms with van der Waals surface area (Å²) in [6, 6.07) is 20.9. The van der Waals surface area contributed by atoms with Crippen molar-refractivity contribution in [1.29, 1.82) is 0 Å². The van der Waals surface area contributed by atoms with Crippen LogP contribution < -0.4 is 14.2 Å². The Bertz CT molecular complexity index is 1550. The monoisotopic (exact) mass is 498 g/mol. The van der Waals surface area contributed by atoms with Crippen molar-refractivity contribution in [3.63, 3.8) is 0 Å². The standard InChI is InChI=1S/C28H18O9/c1-32-26(30)34-17-7-9-20-23(13-17)36-24-14-18(35-27(31)33-2)8-10-21(24)28(20)22-12-16-6-4-3-5-15(16)11-19(22)25(29)37-28/h3-14H,1-2H3. The van der Waals surface area contributed by atoms with E-state index in [-0.39, 0.29) is 23.0 Å². The molecule has 0 fully saturated rings. The fraction of sp³-hybridized carbons (Fsp3) is 0.107. The van der Waals surface area contributed by atoms with E-state index >= 15 is 0 Å². The number of fused-ring (bicyclic) bond motifs is 7. The first kappa shape index (κ1) is 22.4. The number of methoxy groups -OCH3 is 2. The minimum absolute atomic E-state index is 0.161. The maximum Gasteiger partial charge on any atom is 0.513 e. The Hall–Kier alpha value is -5.05. The van der Waals surface area contributed by atoms with E-state index in [0.717, 1.165) is 10.8 Å². The van der Waals surface area contributed by atoms with Crippen LogP contribution in [0.3, 0.4) is 0 Å². The molecule has 0 saturated heterocycles. The molecule has 2 aliphatic heterocycles. The molecule has 0 amide bonds. The normalized spacial score (nSPS) is 14.1. The van der Waals surface area contributed by atoms with E-state index in [2.05, 4.69) is 9.47 Å². The molecule has 0 N–H and O–H groups in total. The van der Waals surface area contributed by atoms with Crippen molar-refractivity contribution in [2.75, 3.05) is 14.2 Å². The Kier molecular flexibility index (Phi) is 5.01. The molecule has 2 aliphatic rings. The van der Waals surface area contributed by atoms with Crippen molar-refractivity contribution in [1.82, 2.24) is 0 Å². The van der Waals surface area contributed by atoms with Crippen molar-refractivity contribution in [3.05, 3.63) is 95.1 Å². The van der Waals surface area contributed by atoms with Crippen LogP contribution >= 0.6 is 0 Å². The van der Waals surface area contributed by atoms with Crippen LogP contribution in [0.2, 0.25) is 0 Å². The van der Waals surface area contributed by atoms with Gasteiger partial charge in [0.05, 0.1) is 19.8 Å². The molecule has 0 radical (unpaired) electrons. The molecule has 4 aromatic rings. The van der Waals surface area contributed by atoms with E-state index in [1.807, 2.05) is 30.3 Å². The third-order valence-corrected chi connectivity index (χ3v) is 6.35. The lowest BCUT2D eigenvalue weighted by atomic mass is 9.77. The lowest BCUT2D eigenvalue weighted by Crippen LogP contribution is -2.33. The van der Waals surface area contributed by atoms with E-state index in [0.29, 0.717) is 22.3 Å². The average molecular weight is 498 g/mol. The van der Waals surface area contributed by atoms with Crippen LogP contribution in [0.15, 0.2) is 72.8 Å². The Morgan fingerprint density at radius 1 is 0.703 bits per heavy atom. The predicted octanol–water partition coefficient (Wildman–Crippen LogP) is 5.70. The first-order valence-electron chi connectivity index (χ1n) is 11.2. The quantitative estimate of drug-likeness (QED) is 0.195. The smallest absolute Gasteiger partial charge is 0.456 e. The summed E-state index contributed by atoms with van der Waals surface area (Å²) in [6.07, 6.45) is -1.80. The van der Waals surface area contributed by atoms with E-state index in [1.165, 1.54) is 26.4 Å². The number of esters is 1. The van der Waals surface area contributed by atoms with Gasteiger partial charge < -0.3 is 28.4 Å². The predicted molar refractivity (Wildman–Crippen MR) is 128 cm³/mol. The first-order valence-corrected chi connectivity index (χ1v) is 11.2. The maximum atomic E-state index is 13.3. The Labute approximate surface area is 210 Å². The second-order valence-electron chi connectivity index (χ2n) is 8.35. The van der Waals surface area contributed by atoms with Crippen molar-refractivity contribution >= 4 is 29.1 Å². The number of rotatable bonds is 2. The van der Waals surface area contributed by atoms with Gasteiger partial charge in [0, 0.05) is 28.8 Å². The third-order valence-electron chi connectivity index (χ3n) is 6.35. The molecule has 2 heterocycles. The topological polar surface area (TPSA) is 107 Å². The highest BCUT2D eigenvalue weighted by atomic mass is 16.7. The molecule has 0 atom stereocenters. The molecule has 37 heavy (non-hydrogen) atoms. The minimum Gasteiger partial charge on any atom is -0.456 e. The number of benzene rings is 4. The van der Waals surface area contributed by atoms with Crippen LogP contribution in [0.1, 0.15) is 27.0 Å². The van der Waals surface area contributed by atoms with Gasteiger partial charge in [-0.15, -0.1) is 0 Å². The lowest BCUT2D eigenvalue weighted by Gasteiger charge is -2.36. The van der Waals surface area contributed by atoms with Gasteiger partial charge in [0.25, 0.3) is 0 Å². The van der Waals surface area contributed by atoms with Crippen molar-refractivity contribution in [3.8, 4) is 23.0 Å². The van der Waals surface area contributed by atoms with Gasteiger partial charge in [-0.1, -0.05) is 24.3 Å². The second kappa shape index (κ2) is 8.27. The molecule has 0 aliphatic carbocycles.